The fourth-order valence-electron chi connectivity index (χ4n) is 4.09. The molecule has 1 aromatic heterocycles. The number of ether oxygens (including phenoxy) is 1. The zero-order valence-corrected chi connectivity index (χ0v) is 16.0. The van der Waals surface area contributed by atoms with E-state index in [1.807, 2.05) is 6.07 Å². The third-order valence-corrected chi connectivity index (χ3v) is 6.61. The SMILES string of the molecule is NC(=O)[C@]1(Cc2ccc(-c3cccs3)cc2)CCN(C(=O)[C@H]2CCCO2)C1. The molecule has 0 aliphatic carbocycles. The quantitative estimate of drug-likeness (QED) is 0.862. The Bertz CT molecular complexity index is 812. The maximum absolute atomic E-state index is 12.6. The maximum atomic E-state index is 12.6. The molecule has 1 aromatic carbocycles. The van der Waals surface area contributed by atoms with Gasteiger partial charge in [0.2, 0.25) is 5.91 Å². The number of benzene rings is 1. The molecule has 142 valence electrons. The van der Waals surface area contributed by atoms with Crippen molar-refractivity contribution in [2.24, 2.45) is 11.1 Å². The highest BCUT2D eigenvalue weighted by molar-refractivity contribution is 7.13. The summed E-state index contributed by atoms with van der Waals surface area (Å²) in [6.07, 6.45) is 2.50. The van der Waals surface area contributed by atoms with E-state index < -0.39 is 5.41 Å². The van der Waals surface area contributed by atoms with Crippen LogP contribution >= 0.6 is 11.3 Å². The lowest BCUT2D eigenvalue weighted by Crippen LogP contribution is -2.44. The lowest BCUT2D eigenvalue weighted by atomic mass is 9.80. The first-order valence-electron chi connectivity index (χ1n) is 9.41. The van der Waals surface area contributed by atoms with Crippen LogP contribution in [0.3, 0.4) is 0 Å². The van der Waals surface area contributed by atoms with Crippen molar-refractivity contribution in [3.63, 3.8) is 0 Å². The summed E-state index contributed by atoms with van der Waals surface area (Å²) >= 11 is 1.70. The molecule has 4 rings (SSSR count). The van der Waals surface area contributed by atoms with Crippen LogP contribution in [0.15, 0.2) is 41.8 Å². The molecule has 5 nitrogen and oxygen atoms in total. The molecule has 0 saturated carbocycles. The molecule has 0 bridgehead atoms. The number of hydrogen-bond donors (Lipinski definition) is 1. The van der Waals surface area contributed by atoms with Gasteiger partial charge < -0.3 is 15.4 Å². The van der Waals surface area contributed by atoms with Gasteiger partial charge in [0.1, 0.15) is 6.10 Å². The molecule has 0 radical (unpaired) electrons. The van der Waals surface area contributed by atoms with Crippen molar-refractivity contribution in [3.05, 3.63) is 47.3 Å². The molecule has 27 heavy (non-hydrogen) atoms. The van der Waals surface area contributed by atoms with E-state index >= 15 is 0 Å². The van der Waals surface area contributed by atoms with Crippen molar-refractivity contribution in [2.45, 2.75) is 31.8 Å². The molecule has 2 atom stereocenters. The molecule has 0 unspecified atom stereocenters. The van der Waals surface area contributed by atoms with Crippen molar-refractivity contribution in [3.8, 4) is 10.4 Å². The van der Waals surface area contributed by atoms with E-state index in [4.69, 9.17) is 10.5 Å². The topological polar surface area (TPSA) is 72.6 Å². The number of amides is 2. The van der Waals surface area contributed by atoms with Gasteiger partial charge >= 0.3 is 0 Å². The van der Waals surface area contributed by atoms with Crippen LogP contribution in [0.1, 0.15) is 24.8 Å². The summed E-state index contributed by atoms with van der Waals surface area (Å²) in [5, 5.41) is 2.06. The number of primary amides is 1. The summed E-state index contributed by atoms with van der Waals surface area (Å²) in [5.41, 5.74) is 7.34. The molecule has 0 spiro atoms. The minimum Gasteiger partial charge on any atom is -0.369 e. The lowest BCUT2D eigenvalue weighted by Gasteiger charge is -2.27. The first-order valence-corrected chi connectivity index (χ1v) is 10.3. The van der Waals surface area contributed by atoms with Crippen LogP contribution < -0.4 is 5.73 Å². The number of hydrogen-bond acceptors (Lipinski definition) is 4. The number of thiophene rings is 1. The number of carbonyl (C=O) groups is 2. The number of likely N-dealkylation sites (tertiary alicyclic amines) is 1. The Hall–Kier alpha value is -2.18. The zero-order chi connectivity index (χ0) is 18.9. The van der Waals surface area contributed by atoms with Crippen LogP contribution in [0.4, 0.5) is 0 Å². The highest BCUT2D eigenvalue weighted by Crippen LogP contribution is 2.36. The van der Waals surface area contributed by atoms with Gasteiger partial charge in [-0.15, -0.1) is 11.3 Å². The molecule has 2 amide bonds. The van der Waals surface area contributed by atoms with E-state index in [-0.39, 0.29) is 17.9 Å². The highest BCUT2D eigenvalue weighted by atomic mass is 32.1. The van der Waals surface area contributed by atoms with Crippen LogP contribution in [0, 0.1) is 5.41 Å². The van der Waals surface area contributed by atoms with Gasteiger partial charge in [0.05, 0.1) is 5.41 Å². The van der Waals surface area contributed by atoms with E-state index in [0.717, 1.165) is 18.4 Å². The van der Waals surface area contributed by atoms with Gasteiger partial charge in [-0.2, -0.15) is 0 Å². The molecule has 2 aromatic rings. The fourth-order valence-corrected chi connectivity index (χ4v) is 4.82. The van der Waals surface area contributed by atoms with E-state index in [9.17, 15) is 9.59 Å². The van der Waals surface area contributed by atoms with Gasteiger partial charge in [0.15, 0.2) is 0 Å². The standard InChI is InChI=1S/C21H24N2O3S/c22-20(25)21(9-10-23(14-21)19(24)17-3-1-11-26-17)13-15-5-7-16(8-6-15)18-4-2-12-27-18/h2,4-8,12,17H,1,3,9-11,13-14H2,(H2,22,25)/t17-,21+/m1/s1. The van der Waals surface area contributed by atoms with E-state index in [0.29, 0.717) is 32.5 Å². The van der Waals surface area contributed by atoms with Gasteiger partial charge in [-0.1, -0.05) is 30.3 Å². The monoisotopic (exact) mass is 384 g/mol. The van der Waals surface area contributed by atoms with Crippen LogP contribution in [0.2, 0.25) is 0 Å². The molecule has 2 fully saturated rings. The Morgan fingerprint density at radius 2 is 2.07 bits per heavy atom. The summed E-state index contributed by atoms with van der Waals surface area (Å²) in [7, 11) is 0. The van der Waals surface area contributed by atoms with Gasteiger partial charge in [-0.25, -0.2) is 0 Å². The smallest absolute Gasteiger partial charge is 0.251 e. The fraction of sp³-hybridized carbons (Fsp3) is 0.429. The predicted octanol–water partition coefficient (Wildman–Crippen LogP) is 2.84. The maximum Gasteiger partial charge on any atom is 0.251 e. The summed E-state index contributed by atoms with van der Waals surface area (Å²) in [5.74, 6) is -0.323. The van der Waals surface area contributed by atoms with Crippen molar-refractivity contribution < 1.29 is 14.3 Å². The third-order valence-electron chi connectivity index (χ3n) is 5.70. The second-order valence-electron chi connectivity index (χ2n) is 7.51. The van der Waals surface area contributed by atoms with E-state index in [2.05, 4.69) is 35.7 Å². The van der Waals surface area contributed by atoms with Crippen molar-refractivity contribution >= 4 is 23.2 Å². The average Bonchev–Trinajstić information content (AvgIpc) is 3.43. The molecule has 3 heterocycles. The third kappa shape index (κ3) is 3.64. The first-order chi connectivity index (χ1) is 13.1. The molecule has 2 aliphatic heterocycles. The Balaban J connectivity index is 1.48. The Morgan fingerprint density at radius 1 is 1.26 bits per heavy atom. The molecule has 2 saturated heterocycles. The van der Waals surface area contributed by atoms with Crippen LogP contribution in [0.25, 0.3) is 10.4 Å². The highest BCUT2D eigenvalue weighted by Gasteiger charge is 2.46. The van der Waals surface area contributed by atoms with Gasteiger partial charge in [0.25, 0.3) is 5.91 Å². The van der Waals surface area contributed by atoms with Gasteiger partial charge in [-0.05, 0) is 48.3 Å². The lowest BCUT2D eigenvalue weighted by molar-refractivity contribution is -0.140. The van der Waals surface area contributed by atoms with E-state index in [1.54, 1.807) is 16.2 Å². The number of nitrogens with zero attached hydrogens (tertiary/aromatic N) is 1. The van der Waals surface area contributed by atoms with Gasteiger partial charge in [-0.3, -0.25) is 9.59 Å². The number of carbonyl (C=O) groups excluding carboxylic acids is 2. The molecular formula is C21H24N2O3S. The second kappa shape index (κ2) is 7.44. The normalized spacial score (nSPS) is 25.0. The summed E-state index contributed by atoms with van der Waals surface area (Å²) in [4.78, 5) is 27.9. The van der Waals surface area contributed by atoms with Crippen LogP contribution in [0.5, 0.6) is 0 Å². The first kappa shape index (κ1) is 18.2. The Labute approximate surface area is 163 Å². The Kier molecular flexibility index (Phi) is 5.02. The van der Waals surface area contributed by atoms with Gasteiger partial charge in [0, 0.05) is 24.6 Å². The van der Waals surface area contributed by atoms with Crippen molar-refractivity contribution in [1.29, 1.82) is 0 Å². The van der Waals surface area contributed by atoms with Crippen molar-refractivity contribution in [2.75, 3.05) is 19.7 Å². The number of rotatable bonds is 5. The molecule has 2 aliphatic rings. The summed E-state index contributed by atoms with van der Waals surface area (Å²) in [6.45, 7) is 1.59. The predicted molar refractivity (Wildman–Crippen MR) is 105 cm³/mol. The minimum absolute atomic E-state index is 0.00340. The Morgan fingerprint density at radius 3 is 2.70 bits per heavy atom. The average molecular weight is 385 g/mol. The second-order valence-corrected chi connectivity index (χ2v) is 8.45. The summed E-state index contributed by atoms with van der Waals surface area (Å²) < 4.78 is 5.52. The molecule has 6 heteroatoms. The van der Waals surface area contributed by atoms with Crippen LogP contribution in [-0.2, 0) is 20.7 Å². The largest absolute Gasteiger partial charge is 0.369 e. The molecule has 2 N–H and O–H groups in total. The number of nitrogens with two attached hydrogens (primary N) is 1. The van der Waals surface area contributed by atoms with Crippen LogP contribution in [-0.4, -0.2) is 42.5 Å². The zero-order valence-electron chi connectivity index (χ0n) is 15.2. The molecular weight excluding hydrogens is 360 g/mol. The summed E-state index contributed by atoms with van der Waals surface area (Å²) in [6, 6.07) is 12.4. The van der Waals surface area contributed by atoms with E-state index in [1.165, 1.54) is 10.4 Å². The van der Waals surface area contributed by atoms with Crippen molar-refractivity contribution in [1.82, 2.24) is 4.90 Å². The minimum atomic E-state index is -0.696.